The fourth-order valence-corrected chi connectivity index (χ4v) is 4.33. The SMILES string of the molecule is Cc1c(C(=O)NCCc2csc(-c3ccccc3)n2)nnn1C1CCNCC1. The molecule has 28 heavy (non-hydrogen) atoms. The van der Waals surface area contributed by atoms with Crippen LogP contribution in [0.25, 0.3) is 10.6 Å². The smallest absolute Gasteiger partial charge is 0.273 e. The third-order valence-corrected chi connectivity index (χ3v) is 5.98. The number of nitrogens with zero attached hydrogens (tertiary/aromatic N) is 4. The van der Waals surface area contributed by atoms with E-state index in [4.69, 9.17) is 0 Å². The molecule has 1 amide bonds. The van der Waals surface area contributed by atoms with E-state index in [2.05, 4.69) is 38.1 Å². The molecule has 0 aliphatic carbocycles. The Balaban J connectivity index is 1.33. The van der Waals surface area contributed by atoms with Gasteiger partial charge in [0.15, 0.2) is 5.69 Å². The topological polar surface area (TPSA) is 84.7 Å². The molecular weight excluding hydrogens is 372 g/mol. The molecule has 0 unspecified atom stereocenters. The van der Waals surface area contributed by atoms with E-state index >= 15 is 0 Å². The van der Waals surface area contributed by atoms with Gasteiger partial charge in [-0.25, -0.2) is 9.67 Å². The Morgan fingerprint density at radius 3 is 2.86 bits per heavy atom. The van der Waals surface area contributed by atoms with Crippen molar-refractivity contribution < 1.29 is 4.79 Å². The van der Waals surface area contributed by atoms with Gasteiger partial charge in [0.1, 0.15) is 5.01 Å². The molecule has 2 N–H and O–H groups in total. The van der Waals surface area contributed by atoms with Crippen LogP contribution in [0.15, 0.2) is 35.7 Å². The lowest BCUT2D eigenvalue weighted by Gasteiger charge is -2.23. The first-order chi connectivity index (χ1) is 13.7. The number of amides is 1. The van der Waals surface area contributed by atoms with Gasteiger partial charge in [-0.15, -0.1) is 16.4 Å². The highest BCUT2D eigenvalue weighted by Gasteiger charge is 2.22. The van der Waals surface area contributed by atoms with Crippen LogP contribution in [0.1, 0.15) is 40.8 Å². The van der Waals surface area contributed by atoms with Crippen LogP contribution in [0, 0.1) is 6.92 Å². The van der Waals surface area contributed by atoms with Gasteiger partial charge in [-0.05, 0) is 32.9 Å². The number of hydrogen-bond acceptors (Lipinski definition) is 6. The van der Waals surface area contributed by atoms with Crippen LogP contribution in [0.4, 0.5) is 0 Å². The fraction of sp³-hybridized carbons (Fsp3) is 0.400. The molecule has 7 nitrogen and oxygen atoms in total. The molecule has 0 spiro atoms. The van der Waals surface area contributed by atoms with E-state index in [1.165, 1.54) is 0 Å². The minimum Gasteiger partial charge on any atom is -0.350 e. The molecule has 0 atom stereocenters. The van der Waals surface area contributed by atoms with Crippen molar-refractivity contribution in [3.8, 4) is 10.6 Å². The third kappa shape index (κ3) is 4.13. The van der Waals surface area contributed by atoms with Crippen molar-refractivity contribution in [1.29, 1.82) is 0 Å². The molecule has 3 aromatic rings. The molecule has 0 bridgehead atoms. The summed E-state index contributed by atoms with van der Waals surface area (Å²) in [4.78, 5) is 17.2. The molecule has 3 heterocycles. The van der Waals surface area contributed by atoms with E-state index in [-0.39, 0.29) is 5.91 Å². The Kier molecular flexibility index (Phi) is 5.78. The number of piperidine rings is 1. The minimum atomic E-state index is -0.170. The van der Waals surface area contributed by atoms with E-state index in [0.717, 1.165) is 47.9 Å². The third-order valence-electron chi connectivity index (χ3n) is 5.04. The zero-order valence-corrected chi connectivity index (χ0v) is 16.7. The number of benzene rings is 1. The number of carbonyl (C=O) groups excluding carboxylic acids is 1. The summed E-state index contributed by atoms with van der Waals surface area (Å²) in [6.45, 7) is 4.40. The first-order valence-corrected chi connectivity index (χ1v) is 10.5. The fourth-order valence-electron chi connectivity index (χ4n) is 3.47. The zero-order chi connectivity index (χ0) is 19.3. The van der Waals surface area contributed by atoms with Crippen molar-refractivity contribution in [1.82, 2.24) is 30.6 Å². The summed E-state index contributed by atoms with van der Waals surface area (Å²) in [5, 5.41) is 17.7. The highest BCUT2D eigenvalue weighted by atomic mass is 32.1. The summed E-state index contributed by atoms with van der Waals surface area (Å²) in [7, 11) is 0. The number of nitrogens with one attached hydrogen (secondary N) is 2. The molecule has 8 heteroatoms. The first-order valence-electron chi connectivity index (χ1n) is 9.63. The largest absolute Gasteiger partial charge is 0.350 e. The highest BCUT2D eigenvalue weighted by molar-refractivity contribution is 7.13. The van der Waals surface area contributed by atoms with Crippen molar-refractivity contribution in [2.24, 2.45) is 0 Å². The molecular formula is C20H24N6OS. The summed E-state index contributed by atoms with van der Waals surface area (Å²) in [5.41, 5.74) is 3.36. The molecule has 1 aliphatic rings. The average molecular weight is 397 g/mol. The van der Waals surface area contributed by atoms with Gasteiger partial charge in [-0.3, -0.25) is 4.79 Å². The second-order valence-electron chi connectivity index (χ2n) is 6.97. The van der Waals surface area contributed by atoms with Gasteiger partial charge in [0.25, 0.3) is 5.91 Å². The normalized spacial score (nSPS) is 14.9. The summed E-state index contributed by atoms with van der Waals surface area (Å²) in [6.07, 6.45) is 2.72. The van der Waals surface area contributed by atoms with Gasteiger partial charge in [-0.1, -0.05) is 35.5 Å². The minimum absolute atomic E-state index is 0.170. The maximum Gasteiger partial charge on any atom is 0.273 e. The van der Waals surface area contributed by atoms with Gasteiger partial charge >= 0.3 is 0 Å². The van der Waals surface area contributed by atoms with Crippen molar-refractivity contribution in [2.45, 2.75) is 32.2 Å². The molecule has 4 rings (SSSR count). The van der Waals surface area contributed by atoms with E-state index in [0.29, 0.717) is 24.7 Å². The van der Waals surface area contributed by atoms with Gasteiger partial charge in [0.2, 0.25) is 0 Å². The van der Waals surface area contributed by atoms with E-state index in [1.807, 2.05) is 35.2 Å². The van der Waals surface area contributed by atoms with Crippen molar-refractivity contribution in [3.05, 3.63) is 52.8 Å². The van der Waals surface area contributed by atoms with E-state index < -0.39 is 0 Å². The van der Waals surface area contributed by atoms with Gasteiger partial charge in [0, 0.05) is 23.9 Å². The molecule has 1 aromatic carbocycles. The van der Waals surface area contributed by atoms with E-state index in [9.17, 15) is 4.79 Å². The van der Waals surface area contributed by atoms with Crippen LogP contribution in [0.3, 0.4) is 0 Å². The maximum atomic E-state index is 12.5. The summed E-state index contributed by atoms with van der Waals surface area (Å²) >= 11 is 1.62. The number of rotatable bonds is 6. The second kappa shape index (κ2) is 8.62. The summed E-state index contributed by atoms with van der Waals surface area (Å²) < 4.78 is 1.91. The van der Waals surface area contributed by atoms with Crippen molar-refractivity contribution >= 4 is 17.2 Å². The molecule has 0 radical (unpaired) electrons. The molecule has 1 aliphatic heterocycles. The van der Waals surface area contributed by atoms with Crippen LogP contribution in [-0.2, 0) is 6.42 Å². The van der Waals surface area contributed by atoms with Gasteiger partial charge in [-0.2, -0.15) is 0 Å². The lowest BCUT2D eigenvalue weighted by atomic mass is 10.1. The molecule has 1 fully saturated rings. The Bertz CT molecular complexity index is 929. The van der Waals surface area contributed by atoms with E-state index in [1.54, 1.807) is 11.3 Å². The molecule has 146 valence electrons. The first kappa shape index (κ1) is 18.8. The van der Waals surface area contributed by atoms with Gasteiger partial charge in [0.05, 0.1) is 17.4 Å². The summed E-state index contributed by atoms with van der Waals surface area (Å²) in [5.74, 6) is -0.170. The van der Waals surface area contributed by atoms with Crippen LogP contribution >= 0.6 is 11.3 Å². The Morgan fingerprint density at radius 1 is 1.29 bits per heavy atom. The second-order valence-corrected chi connectivity index (χ2v) is 7.82. The molecule has 0 saturated carbocycles. The Morgan fingerprint density at radius 2 is 2.07 bits per heavy atom. The predicted octanol–water partition coefficient (Wildman–Crippen LogP) is 2.61. The van der Waals surface area contributed by atoms with Crippen LogP contribution in [-0.4, -0.2) is 45.5 Å². The maximum absolute atomic E-state index is 12.5. The van der Waals surface area contributed by atoms with Crippen molar-refractivity contribution in [3.63, 3.8) is 0 Å². The predicted molar refractivity (Wildman–Crippen MR) is 109 cm³/mol. The monoisotopic (exact) mass is 396 g/mol. The average Bonchev–Trinajstić information content (AvgIpc) is 3.36. The number of aromatic nitrogens is 4. The quantitative estimate of drug-likeness (QED) is 0.669. The molecule has 2 aromatic heterocycles. The standard InChI is InChI=1S/C20H24N6OS/c1-14-18(24-25-26(14)17-8-10-21-11-9-17)19(27)22-12-7-16-13-28-20(23-16)15-5-3-2-4-6-15/h2-6,13,17,21H,7-12H2,1H3,(H,22,27). The number of carbonyl (C=O) groups is 1. The lowest BCUT2D eigenvalue weighted by molar-refractivity contribution is 0.0948. The van der Waals surface area contributed by atoms with Gasteiger partial charge < -0.3 is 10.6 Å². The van der Waals surface area contributed by atoms with Crippen LogP contribution in [0.2, 0.25) is 0 Å². The highest BCUT2D eigenvalue weighted by Crippen LogP contribution is 2.23. The van der Waals surface area contributed by atoms with Crippen LogP contribution in [0.5, 0.6) is 0 Å². The number of hydrogen-bond donors (Lipinski definition) is 2. The summed E-state index contributed by atoms with van der Waals surface area (Å²) in [6, 6.07) is 10.4. The Hall–Kier alpha value is -2.58. The zero-order valence-electron chi connectivity index (χ0n) is 15.9. The Labute approximate surface area is 168 Å². The molecule has 1 saturated heterocycles. The number of thiazole rings is 1. The van der Waals surface area contributed by atoms with Crippen LogP contribution < -0.4 is 10.6 Å². The van der Waals surface area contributed by atoms with Crippen molar-refractivity contribution in [2.75, 3.05) is 19.6 Å². The lowest BCUT2D eigenvalue weighted by Crippen LogP contribution is -2.30.